The van der Waals surface area contributed by atoms with Crippen molar-refractivity contribution in [3.8, 4) is 0 Å². The van der Waals surface area contributed by atoms with Gasteiger partial charge in [0.1, 0.15) is 0 Å². The van der Waals surface area contributed by atoms with Crippen molar-refractivity contribution in [2.45, 2.75) is 37.9 Å². The van der Waals surface area contributed by atoms with Gasteiger partial charge in [-0.25, -0.2) is 0 Å². The van der Waals surface area contributed by atoms with E-state index >= 15 is 0 Å². The first-order valence-electron chi connectivity index (χ1n) is 5.43. The molecule has 1 saturated carbocycles. The molecule has 0 bridgehead atoms. The van der Waals surface area contributed by atoms with E-state index in [0.29, 0.717) is 10.2 Å². The lowest BCUT2D eigenvalue weighted by molar-refractivity contribution is 0.509. The van der Waals surface area contributed by atoms with Crippen LogP contribution in [0.5, 0.6) is 0 Å². The van der Waals surface area contributed by atoms with E-state index in [2.05, 4.69) is 48.0 Å². The van der Waals surface area contributed by atoms with Gasteiger partial charge in [0.15, 0.2) is 0 Å². The van der Waals surface area contributed by atoms with Crippen LogP contribution in [-0.4, -0.2) is 4.83 Å². The normalized spacial score (nSPS) is 20.0. The Kier molecular flexibility index (Phi) is 3.14. The third-order valence-electron chi connectivity index (χ3n) is 3.49. The summed E-state index contributed by atoms with van der Waals surface area (Å²) in [6.07, 6.45) is 3.76. The minimum atomic E-state index is 0.471. The zero-order chi connectivity index (χ0) is 11.1. The molecule has 0 amide bonds. The molecule has 0 aromatic heterocycles. The van der Waals surface area contributed by atoms with E-state index in [9.17, 15) is 0 Å². The van der Waals surface area contributed by atoms with E-state index in [1.807, 2.05) is 0 Å². The molecule has 15 heavy (non-hydrogen) atoms. The molecule has 2 heteroatoms. The Morgan fingerprint density at radius 1 is 1.47 bits per heavy atom. The van der Waals surface area contributed by atoms with Crippen LogP contribution in [0.15, 0.2) is 18.2 Å². The second-order valence-corrected chi connectivity index (χ2v) is 6.53. The monoisotopic (exact) mass is 286 g/mol. The third-order valence-corrected chi connectivity index (χ3v) is 4.81. The predicted molar refractivity (Wildman–Crippen MR) is 69.9 cm³/mol. The first-order valence-corrected chi connectivity index (χ1v) is 6.72. The van der Waals surface area contributed by atoms with Crippen LogP contribution in [0.4, 0.5) is 0 Å². The van der Waals surface area contributed by atoms with Gasteiger partial charge in [0.05, 0.1) is 0 Å². The summed E-state index contributed by atoms with van der Waals surface area (Å²) < 4.78 is 0. The van der Waals surface area contributed by atoms with Crippen LogP contribution in [0.25, 0.3) is 0 Å². The molecule has 1 aliphatic rings. The van der Waals surface area contributed by atoms with Gasteiger partial charge < -0.3 is 0 Å². The van der Waals surface area contributed by atoms with Gasteiger partial charge in [0, 0.05) is 9.85 Å². The van der Waals surface area contributed by atoms with Crippen LogP contribution >= 0.6 is 27.5 Å². The minimum Gasteiger partial charge on any atom is -0.0888 e. The second-order valence-electron chi connectivity index (χ2n) is 4.75. The standard InChI is InChI=1S/C13H16BrCl/c1-9-3-4-11(12(15)7-9)8-13(5-6-13)10(2)14/h3-4,7,10H,5-6,8H2,1-2H3. The molecular weight excluding hydrogens is 272 g/mol. The average Bonchev–Trinajstić information content (AvgIpc) is 2.91. The molecule has 1 fully saturated rings. The largest absolute Gasteiger partial charge is 0.0888 e. The van der Waals surface area contributed by atoms with E-state index in [4.69, 9.17) is 11.6 Å². The fraction of sp³-hybridized carbons (Fsp3) is 0.538. The van der Waals surface area contributed by atoms with Crippen LogP contribution in [-0.2, 0) is 6.42 Å². The molecule has 1 atom stereocenters. The van der Waals surface area contributed by atoms with E-state index in [1.165, 1.54) is 24.0 Å². The predicted octanol–water partition coefficient (Wildman–Crippen LogP) is 4.75. The molecule has 0 heterocycles. The van der Waals surface area contributed by atoms with Gasteiger partial charge in [0.25, 0.3) is 0 Å². The summed E-state index contributed by atoms with van der Waals surface area (Å²) in [4.78, 5) is 0.586. The summed E-state index contributed by atoms with van der Waals surface area (Å²) in [7, 11) is 0. The molecule has 0 spiro atoms. The molecule has 1 aromatic carbocycles. The summed E-state index contributed by atoms with van der Waals surface area (Å²) >= 11 is 9.96. The van der Waals surface area contributed by atoms with Gasteiger partial charge in [-0.1, -0.05) is 46.6 Å². The lowest BCUT2D eigenvalue weighted by atomic mass is 9.93. The van der Waals surface area contributed by atoms with Crippen molar-refractivity contribution in [1.29, 1.82) is 0 Å². The molecular formula is C13H16BrCl. The van der Waals surface area contributed by atoms with Crippen LogP contribution in [0.2, 0.25) is 5.02 Å². The average molecular weight is 288 g/mol. The summed E-state index contributed by atoms with van der Waals surface area (Å²) in [5.41, 5.74) is 3.00. The minimum absolute atomic E-state index is 0.471. The fourth-order valence-electron chi connectivity index (χ4n) is 2.05. The molecule has 2 rings (SSSR count). The Balaban J connectivity index is 2.18. The van der Waals surface area contributed by atoms with E-state index < -0.39 is 0 Å². The number of benzene rings is 1. The molecule has 0 nitrogen and oxygen atoms in total. The van der Waals surface area contributed by atoms with Crippen LogP contribution < -0.4 is 0 Å². The van der Waals surface area contributed by atoms with Crippen LogP contribution in [0.1, 0.15) is 30.9 Å². The fourth-order valence-corrected chi connectivity index (χ4v) is 2.97. The first-order chi connectivity index (χ1) is 7.03. The molecule has 1 aromatic rings. The number of hydrogen-bond donors (Lipinski definition) is 0. The Labute approximate surface area is 105 Å². The van der Waals surface area contributed by atoms with Crippen molar-refractivity contribution in [1.82, 2.24) is 0 Å². The summed E-state index contributed by atoms with van der Waals surface area (Å²) in [5, 5.41) is 0.925. The molecule has 1 unspecified atom stereocenters. The molecule has 1 aliphatic carbocycles. The Morgan fingerprint density at radius 2 is 2.13 bits per heavy atom. The molecule has 0 saturated heterocycles. The highest BCUT2D eigenvalue weighted by Crippen LogP contribution is 2.54. The zero-order valence-corrected chi connectivity index (χ0v) is 11.5. The Morgan fingerprint density at radius 3 is 2.60 bits per heavy atom. The van der Waals surface area contributed by atoms with Gasteiger partial charge in [-0.05, 0) is 48.8 Å². The van der Waals surface area contributed by atoms with Gasteiger partial charge in [-0.2, -0.15) is 0 Å². The highest BCUT2D eigenvalue weighted by molar-refractivity contribution is 9.09. The SMILES string of the molecule is Cc1ccc(CC2(C(C)Br)CC2)c(Cl)c1. The number of alkyl halides is 1. The summed E-state index contributed by atoms with van der Waals surface area (Å²) in [6, 6.07) is 6.38. The number of rotatable bonds is 3. The zero-order valence-electron chi connectivity index (χ0n) is 9.19. The molecule has 0 aliphatic heterocycles. The number of halogens is 2. The van der Waals surface area contributed by atoms with Gasteiger partial charge >= 0.3 is 0 Å². The van der Waals surface area contributed by atoms with E-state index in [1.54, 1.807) is 0 Å². The van der Waals surface area contributed by atoms with Gasteiger partial charge in [-0.3, -0.25) is 0 Å². The van der Waals surface area contributed by atoms with E-state index in [0.717, 1.165) is 11.4 Å². The van der Waals surface area contributed by atoms with Crippen molar-refractivity contribution in [3.63, 3.8) is 0 Å². The quantitative estimate of drug-likeness (QED) is 0.704. The van der Waals surface area contributed by atoms with Gasteiger partial charge in [-0.15, -0.1) is 0 Å². The molecule has 0 N–H and O–H groups in total. The lowest BCUT2D eigenvalue weighted by Gasteiger charge is -2.19. The first kappa shape index (κ1) is 11.5. The maximum Gasteiger partial charge on any atom is 0.0440 e. The Hall–Kier alpha value is -0.0100. The molecule has 82 valence electrons. The summed E-state index contributed by atoms with van der Waals surface area (Å²) in [5.74, 6) is 0. The van der Waals surface area contributed by atoms with Crippen LogP contribution in [0.3, 0.4) is 0 Å². The third kappa shape index (κ3) is 2.39. The van der Waals surface area contributed by atoms with Crippen molar-refractivity contribution in [2.75, 3.05) is 0 Å². The maximum absolute atomic E-state index is 6.25. The van der Waals surface area contributed by atoms with Crippen molar-refractivity contribution < 1.29 is 0 Å². The second kappa shape index (κ2) is 4.10. The highest BCUT2D eigenvalue weighted by atomic mass is 79.9. The number of hydrogen-bond acceptors (Lipinski definition) is 0. The van der Waals surface area contributed by atoms with E-state index in [-0.39, 0.29) is 0 Å². The van der Waals surface area contributed by atoms with Crippen molar-refractivity contribution in [2.24, 2.45) is 5.41 Å². The number of aryl methyl sites for hydroxylation is 1. The lowest BCUT2D eigenvalue weighted by Crippen LogP contribution is -2.15. The Bertz CT molecular complexity index is 367. The van der Waals surface area contributed by atoms with Gasteiger partial charge in [0.2, 0.25) is 0 Å². The smallest absolute Gasteiger partial charge is 0.0440 e. The maximum atomic E-state index is 6.25. The topological polar surface area (TPSA) is 0 Å². The van der Waals surface area contributed by atoms with Crippen LogP contribution in [0, 0.1) is 12.3 Å². The van der Waals surface area contributed by atoms with Crippen molar-refractivity contribution >= 4 is 27.5 Å². The summed E-state index contributed by atoms with van der Waals surface area (Å²) in [6.45, 7) is 4.32. The van der Waals surface area contributed by atoms with Crippen molar-refractivity contribution in [3.05, 3.63) is 34.3 Å². The molecule has 0 radical (unpaired) electrons. The highest BCUT2D eigenvalue weighted by Gasteiger charge is 2.46.